The highest BCUT2D eigenvalue weighted by Crippen LogP contribution is 2.31. The zero-order valence-electron chi connectivity index (χ0n) is 14.8. The van der Waals surface area contributed by atoms with Gasteiger partial charge in [0.05, 0.1) is 0 Å². The van der Waals surface area contributed by atoms with Crippen LogP contribution in [0.15, 0.2) is 84.0 Å². The Balaban J connectivity index is 1.73. The van der Waals surface area contributed by atoms with Crippen LogP contribution >= 0.6 is 11.8 Å². The van der Waals surface area contributed by atoms with E-state index in [4.69, 9.17) is 0 Å². The van der Waals surface area contributed by atoms with Crippen molar-refractivity contribution in [2.24, 2.45) is 0 Å². The minimum atomic E-state index is -0.224. The number of hydrogen-bond donors (Lipinski definition) is 0. The van der Waals surface area contributed by atoms with E-state index < -0.39 is 0 Å². The van der Waals surface area contributed by atoms with E-state index in [-0.39, 0.29) is 5.82 Å². The molecule has 5 heteroatoms. The summed E-state index contributed by atoms with van der Waals surface area (Å²) in [4.78, 5) is 0. The summed E-state index contributed by atoms with van der Waals surface area (Å²) in [5.41, 5.74) is 4.27. The molecule has 27 heavy (non-hydrogen) atoms. The highest BCUT2D eigenvalue weighted by Gasteiger charge is 2.17. The topological polar surface area (TPSA) is 30.7 Å². The molecule has 134 valence electrons. The maximum Gasteiger partial charge on any atom is 0.196 e. The molecule has 0 saturated carbocycles. The standard InChI is InChI=1S/C22H18FN3S/c1-16-7-5-6-10-20(16)21-24-25-22(26(21)19-8-3-2-4-9-19)27-15-17-11-13-18(23)14-12-17/h2-14H,15H2,1H3. The van der Waals surface area contributed by atoms with Crippen molar-refractivity contribution in [3.05, 3.63) is 95.8 Å². The predicted octanol–water partition coefficient (Wildman–Crippen LogP) is 5.67. The summed E-state index contributed by atoms with van der Waals surface area (Å²) in [5, 5.41) is 9.74. The summed E-state index contributed by atoms with van der Waals surface area (Å²) >= 11 is 1.59. The molecular weight excluding hydrogens is 357 g/mol. The molecule has 0 radical (unpaired) electrons. The fourth-order valence-electron chi connectivity index (χ4n) is 2.90. The lowest BCUT2D eigenvalue weighted by Gasteiger charge is -2.11. The molecule has 0 amide bonds. The Morgan fingerprint density at radius 2 is 1.56 bits per heavy atom. The lowest BCUT2D eigenvalue weighted by Crippen LogP contribution is -2.00. The van der Waals surface area contributed by atoms with Crippen LogP contribution in [0.1, 0.15) is 11.1 Å². The Morgan fingerprint density at radius 3 is 2.30 bits per heavy atom. The average Bonchev–Trinajstić information content (AvgIpc) is 3.12. The molecule has 0 spiro atoms. The predicted molar refractivity (Wildman–Crippen MR) is 107 cm³/mol. The lowest BCUT2D eigenvalue weighted by molar-refractivity contribution is 0.627. The summed E-state index contributed by atoms with van der Waals surface area (Å²) in [6, 6.07) is 24.8. The molecule has 0 fully saturated rings. The summed E-state index contributed by atoms with van der Waals surface area (Å²) in [7, 11) is 0. The van der Waals surface area contributed by atoms with Gasteiger partial charge < -0.3 is 0 Å². The van der Waals surface area contributed by atoms with Gasteiger partial charge in [0.25, 0.3) is 0 Å². The Hall–Kier alpha value is -2.92. The smallest absolute Gasteiger partial charge is 0.196 e. The van der Waals surface area contributed by atoms with Gasteiger partial charge in [-0.2, -0.15) is 0 Å². The van der Waals surface area contributed by atoms with Crippen molar-refractivity contribution in [1.29, 1.82) is 0 Å². The lowest BCUT2D eigenvalue weighted by atomic mass is 10.1. The van der Waals surface area contributed by atoms with Crippen molar-refractivity contribution >= 4 is 11.8 Å². The molecule has 3 nitrogen and oxygen atoms in total. The Kier molecular flexibility index (Phi) is 5.03. The average molecular weight is 375 g/mol. The maximum atomic E-state index is 13.1. The van der Waals surface area contributed by atoms with Gasteiger partial charge in [-0.25, -0.2) is 4.39 Å². The molecule has 0 bridgehead atoms. The molecule has 0 aliphatic carbocycles. The number of halogens is 1. The molecule has 3 aromatic carbocycles. The monoisotopic (exact) mass is 375 g/mol. The molecule has 0 aliphatic rings. The Morgan fingerprint density at radius 1 is 0.852 bits per heavy atom. The van der Waals surface area contributed by atoms with Gasteiger partial charge in [0.1, 0.15) is 5.82 Å². The third-order valence-corrected chi connectivity index (χ3v) is 5.32. The van der Waals surface area contributed by atoms with Crippen LogP contribution in [0.2, 0.25) is 0 Å². The summed E-state index contributed by atoms with van der Waals surface area (Å²) < 4.78 is 15.2. The summed E-state index contributed by atoms with van der Waals surface area (Å²) in [6.07, 6.45) is 0. The van der Waals surface area contributed by atoms with Gasteiger partial charge in [0.15, 0.2) is 11.0 Å². The first-order chi connectivity index (χ1) is 13.2. The van der Waals surface area contributed by atoms with Crippen molar-refractivity contribution in [3.63, 3.8) is 0 Å². The van der Waals surface area contributed by atoms with E-state index in [1.165, 1.54) is 12.1 Å². The number of para-hydroxylation sites is 1. The first-order valence-corrected chi connectivity index (χ1v) is 9.65. The highest BCUT2D eigenvalue weighted by atomic mass is 32.2. The van der Waals surface area contributed by atoms with Crippen LogP contribution in [-0.4, -0.2) is 14.8 Å². The molecule has 0 aliphatic heterocycles. The fourth-order valence-corrected chi connectivity index (χ4v) is 3.81. The highest BCUT2D eigenvalue weighted by molar-refractivity contribution is 7.98. The summed E-state index contributed by atoms with van der Waals surface area (Å²) in [5.74, 6) is 1.29. The van der Waals surface area contributed by atoms with E-state index in [0.717, 1.165) is 33.4 Å². The second-order valence-electron chi connectivity index (χ2n) is 6.21. The molecule has 0 saturated heterocycles. The Bertz CT molecular complexity index is 1040. The maximum absolute atomic E-state index is 13.1. The van der Waals surface area contributed by atoms with Gasteiger partial charge in [-0.1, -0.05) is 66.4 Å². The van der Waals surface area contributed by atoms with Crippen LogP contribution in [0.5, 0.6) is 0 Å². The number of thioether (sulfide) groups is 1. The second kappa shape index (κ2) is 7.76. The van der Waals surface area contributed by atoms with Crippen LogP contribution in [0, 0.1) is 12.7 Å². The largest absolute Gasteiger partial charge is 0.270 e. The van der Waals surface area contributed by atoms with Gasteiger partial charge in [0.2, 0.25) is 0 Å². The molecule has 0 atom stereocenters. The van der Waals surface area contributed by atoms with Crippen molar-refractivity contribution in [1.82, 2.24) is 14.8 Å². The number of rotatable bonds is 5. The molecule has 4 aromatic rings. The van der Waals surface area contributed by atoms with Crippen LogP contribution in [0.4, 0.5) is 4.39 Å². The van der Waals surface area contributed by atoms with Crippen molar-refractivity contribution in [2.75, 3.05) is 0 Å². The van der Waals surface area contributed by atoms with Gasteiger partial charge in [-0.3, -0.25) is 4.57 Å². The van der Waals surface area contributed by atoms with Crippen molar-refractivity contribution in [2.45, 2.75) is 17.8 Å². The van der Waals surface area contributed by atoms with E-state index in [9.17, 15) is 4.39 Å². The van der Waals surface area contributed by atoms with E-state index >= 15 is 0 Å². The van der Waals surface area contributed by atoms with Crippen molar-refractivity contribution < 1.29 is 4.39 Å². The van der Waals surface area contributed by atoms with Gasteiger partial charge in [-0.15, -0.1) is 10.2 Å². The minimum Gasteiger partial charge on any atom is -0.270 e. The summed E-state index contributed by atoms with van der Waals surface area (Å²) in [6.45, 7) is 2.07. The van der Waals surface area contributed by atoms with E-state index in [0.29, 0.717) is 5.75 Å². The van der Waals surface area contributed by atoms with Gasteiger partial charge >= 0.3 is 0 Å². The molecule has 1 heterocycles. The SMILES string of the molecule is Cc1ccccc1-c1nnc(SCc2ccc(F)cc2)n1-c1ccccc1. The van der Waals surface area contributed by atoms with E-state index in [1.54, 1.807) is 23.9 Å². The van der Waals surface area contributed by atoms with Gasteiger partial charge in [0, 0.05) is 17.0 Å². The molecule has 0 N–H and O–H groups in total. The van der Waals surface area contributed by atoms with E-state index in [1.807, 2.05) is 42.5 Å². The van der Waals surface area contributed by atoms with Gasteiger partial charge in [-0.05, 0) is 42.3 Å². The number of aromatic nitrogens is 3. The molecule has 4 rings (SSSR count). The zero-order valence-corrected chi connectivity index (χ0v) is 15.7. The normalized spacial score (nSPS) is 10.9. The third-order valence-electron chi connectivity index (χ3n) is 4.31. The molecule has 0 unspecified atom stereocenters. The van der Waals surface area contributed by atoms with Crippen molar-refractivity contribution in [3.8, 4) is 17.1 Å². The van der Waals surface area contributed by atoms with Crippen LogP contribution in [0.25, 0.3) is 17.1 Å². The van der Waals surface area contributed by atoms with Crippen LogP contribution in [-0.2, 0) is 5.75 Å². The first kappa shape index (κ1) is 17.5. The van der Waals surface area contributed by atoms with E-state index in [2.05, 4.69) is 33.8 Å². The minimum absolute atomic E-state index is 0.224. The molecular formula is C22H18FN3S. The molecule has 1 aromatic heterocycles. The second-order valence-corrected chi connectivity index (χ2v) is 7.15. The zero-order chi connectivity index (χ0) is 18.6. The first-order valence-electron chi connectivity index (χ1n) is 8.66. The Labute approximate surface area is 161 Å². The number of aryl methyl sites for hydroxylation is 1. The third kappa shape index (κ3) is 3.78. The van der Waals surface area contributed by atoms with Crippen LogP contribution in [0.3, 0.4) is 0 Å². The number of benzene rings is 3. The quantitative estimate of drug-likeness (QED) is 0.421. The number of nitrogens with zero attached hydrogens (tertiary/aromatic N) is 3. The van der Waals surface area contributed by atoms with Crippen LogP contribution < -0.4 is 0 Å². The number of hydrogen-bond acceptors (Lipinski definition) is 3. The fraction of sp³-hybridized carbons (Fsp3) is 0.0909.